The molecule has 0 aromatic heterocycles. The quantitative estimate of drug-likeness (QED) is 0.824. The molecular formula is C23H27NO3. The van der Waals surface area contributed by atoms with Crippen molar-refractivity contribution in [2.75, 3.05) is 6.61 Å². The van der Waals surface area contributed by atoms with E-state index in [0.717, 1.165) is 43.6 Å². The third-order valence-electron chi connectivity index (χ3n) is 5.89. The molecule has 1 amide bonds. The van der Waals surface area contributed by atoms with Gasteiger partial charge in [0.15, 0.2) is 0 Å². The molecule has 4 nitrogen and oxygen atoms in total. The Morgan fingerprint density at radius 3 is 2.85 bits per heavy atom. The lowest BCUT2D eigenvalue weighted by atomic mass is 9.74. The van der Waals surface area contributed by atoms with Crippen molar-refractivity contribution in [3.63, 3.8) is 0 Å². The van der Waals surface area contributed by atoms with Crippen molar-refractivity contribution in [3.8, 4) is 5.75 Å². The number of carbonyl (C=O) groups is 1. The second-order valence-corrected chi connectivity index (χ2v) is 7.82. The number of amides is 1. The van der Waals surface area contributed by atoms with Crippen molar-refractivity contribution < 1.29 is 14.6 Å². The zero-order valence-corrected chi connectivity index (χ0v) is 15.8. The molecule has 1 atom stereocenters. The van der Waals surface area contributed by atoms with Gasteiger partial charge in [-0.2, -0.15) is 0 Å². The summed E-state index contributed by atoms with van der Waals surface area (Å²) >= 11 is 0. The van der Waals surface area contributed by atoms with Crippen molar-refractivity contribution in [2.45, 2.75) is 51.2 Å². The van der Waals surface area contributed by atoms with Crippen LogP contribution in [-0.4, -0.2) is 23.7 Å². The molecule has 4 heteroatoms. The molecule has 27 heavy (non-hydrogen) atoms. The molecule has 0 radical (unpaired) electrons. The van der Waals surface area contributed by atoms with E-state index in [1.165, 1.54) is 16.7 Å². The first-order valence-electron chi connectivity index (χ1n) is 9.87. The van der Waals surface area contributed by atoms with Crippen LogP contribution in [0.1, 0.15) is 47.6 Å². The van der Waals surface area contributed by atoms with Crippen LogP contribution in [-0.2, 0) is 17.6 Å². The predicted molar refractivity (Wildman–Crippen MR) is 105 cm³/mol. The van der Waals surface area contributed by atoms with Crippen LogP contribution in [0.3, 0.4) is 0 Å². The van der Waals surface area contributed by atoms with Gasteiger partial charge in [0.25, 0.3) is 0 Å². The number of aryl methyl sites for hydroxylation is 2. The molecule has 0 bridgehead atoms. The highest BCUT2D eigenvalue weighted by molar-refractivity contribution is 5.77. The van der Waals surface area contributed by atoms with E-state index in [0.29, 0.717) is 12.3 Å². The summed E-state index contributed by atoms with van der Waals surface area (Å²) < 4.78 is 5.60. The van der Waals surface area contributed by atoms with Crippen LogP contribution in [0, 0.1) is 12.8 Å². The van der Waals surface area contributed by atoms with Crippen LogP contribution in [0.2, 0.25) is 0 Å². The number of fused-ring (bicyclic) bond motifs is 1. The van der Waals surface area contributed by atoms with Crippen LogP contribution in [0.4, 0.5) is 0 Å². The van der Waals surface area contributed by atoms with Gasteiger partial charge in [-0.25, -0.2) is 0 Å². The van der Waals surface area contributed by atoms with E-state index in [4.69, 9.17) is 4.74 Å². The van der Waals surface area contributed by atoms with Gasteiger partial charge in [0.1, 0.15) is 5.75 Å². The summed E-state index contributed by atoms with van der Waals surface area (Å²) in [5.41, 5.74) is 4.78. The number of aliphatic hydroxyl groups is 1. The van der Waals surface area contributed by atoms with E-state index in [1.54, 1.807) is 0 Å². The normalized spacial score (nSPS) is 21.7. The van der Waals surface area contributed by atoms with Crippen molar-refractivity contribution >= 4 is 5.91 Å². The van der Waals surface area contributed by atoms with Gasteiger partial charge in [-0.05, 0) is 66.5 Å². The number of hydrogen-bond acceptors (Lipinski definition) is 3. The number of ether oxygens (including phenoxy) is 1. The minimum atomic E-state index is -0.237. The largest absolute Gasteiger partial charge is 0.493 e. The van der Waals surface area contributed by atoms with E-state index < -0.39 is 0 Å². The molecule has 1 heterocycles. The van der Waals surface area contributed by atoms with Crippen molar-refractivity contribution in [3.05, 3.63) is 64.7 Å². The molecule has 0 spiro atoms. The SMILES string of the molecule is Cc1ccccc1CCC(=O)N[C@@H](c1ccc2c(c1)CCO2)C1CC(O)C1. The zero-order valence-electron chi connectivity index (χ0n) is 15.8. The predicted octanol–water partition coefficient (Wildman–Crippen LogP) is 3.49. The number of carbonyl (C=O) groups excluding carboxylic acids is 1. The average molecular weight is 365 g/mol. The Hall–Kier alpha value is -2.33. The van der Waals surface area contributed by atoms with Gasteiger partial charge in [0.05, 0.1) is 18.8 Å². The maximum absolute atomic E-state index is 12.7. The third kappa shape index (κ3) is 4.01. The Balaban J connectivity index is 1.45. The van der Waals surface area contributed by atoms with Crippen LogP contribution in [0.25, 0.3) is 0 Å². The number of rotatable bonds is 6. The van der Waals surface area contributed by atoms with Crippen molar-refractivity contribution in [1.29, 1.82) is 0 Å². The fraction of sp³-hybridized carbons (Fsp3) is 0.435. The maximum Gasteiger partial charge on any atom is 0.220 e. The van der Waals surface area contributed by atoms with Gasteiger partial charge in [-0.3, -0.25) is 4.79 Å². The lowest BCUT2D eigenvalue weighted by molar-refractivity contribution is -0.123. The monoisotopic (exact) mass is 365 g/mol. The number of hydrogen-bond donors (Lipinski definition) is 2. The highest BCUT2D eigenvalue weighted by Gasteiger charge is 2.36. The highest BCUT2D eigenvalue weighted by atomic mass is 16.5. The Bertz CT molecular complexity index is 826. The second kappa shape index (κ2) is 7.73. The summed E-state index contributed by atoms with van der Waals surface area (Å²) in [4.78, 5) is 12.7. The Morgan fingerprint density at radius 1 is 1.26 bits per heavy atom. The maximum atomic E-state index is 12.7. The molecule has 2 aromatic rings. The summed E-state index contributed by atoms with van der Waals surface area (Å²) in [5, 5.41) is 13.0. The molecule has 0 unspecified atom stereocenters. The van der Waals surface area contributed by atoms with E-state index in [9.17, 15) is 9.90 Å². The Morgan fingerprint density at radius 2 is 2.07 bits per heavy atom. The smallest absolute Gasteiger partial charge is 0.220 e. The van der Waals surface area contributed by atoms with Gasteiger partial charge < -0.3 is 15.2 Å². The summed E-state index contributed by atoms with van der Waals surface area (Å²) in [5.74, 6) is 1.32. The molecule has 2 aromatic carbocycles. The Labute approximate surface area is 160 Å². The lowest BCUT2D eigenvalue weighted by Crippen LogP contribution is -2.41. The number of aliphatic hydroxyl groups excluding tert-OH is 1. The molecule has 0 saturated heterocycles. The van der Waals surface area contributed by atoms with Gasteiger partial charge in [-0.15, -0.1) is 0 Å². The van der Waals surface area contributed by atoms with Gasteiger partial charge in [0, 0.05) is 12.8 Å². The molecule has 1 saturated carbocycles. The minimum absolute atomic E-state index is 0.0383. The van der Waals surface area contributed by atoms with E-state index >= 15 is 0 Å². The van der Waals surface area contributed by atoms with Gasteiger partial charge in [-0.1, -0.05) is 30.3 Å². The van der Waals surface area contributed by atoms with E-state index in [2.05, 4.69) is 36.5 Å². The first-order chi connectivity index (χ1) is 13.1. The Kier molecular flexibility index (Phi) is 5.17. The third-order valence-corrected chi connectivity index (χ3v) is 5.89. The first-order valence-corrected chi connectivity index (χ1v) is 9.87. The van der Waals surface area contributed by atoms with Crippen LogP contribution < -0.4 is 10.1 Å². The summed E-state index contributed by atoms with van der Waals surface area (Å²) in [7, 11) is 0. The molecule has 1 fully saturated rings. The standard InChI is InChI=1S/C23H27NO3/c1-15-4-2-3-5-16(15)7-9-22(26)24-23(19-13-20(25)14-19)18-6-8-21-17(12-18)10-11-27-21/h2-6,8,12,19-20,23,25H,7,9-11,13-14H2,1H3,(H,24,26)/t19?,20?,23-/m0/s1. The fourth-order valence-electron chi connectivity index (χ4n) is 4.16. The van der Waals surface area contributed by atoms with Crippen molar-refractivity contribution in [2.24, 2.45) is 5.92 Å². The zero-order chi connectivity index (χ0) is 18.8. The van der Waals surface area contributed by atoms with Crippen LogP contribution in [0.15, 0.2) is 42.5 Å². The summed E-state index contributed by atoms with van der Waals surface area (Å²) in [6, 6.07) is 14.4. The molecule has 142 valence electrons. The van der Waals surface area contributed by atoms with Crippen molar-refractivity contribution in [1.82, 2.24) is 5.32 Å². The molecule has 1 aliphatic heterocycles. The van der Waals surface area contributed by atoms with Gasteiger partial charge in [0.2, 0.25) is 5.91 Å². The highest BCUT2D eigenvalue weighted by Crippen LogP contribution is 2.39. The minimum Gasteiger partial charge on any atom is -0.493 e. The summed E-state index contributed by atoms with van der Waals surface area (Å²) in [6.07, 6.45) is 3.40. The lowest BCUT2D eigenvalue weighted by Gasteiger charge is -2.38. The molecule has 2 N–H and O–H groups in total. The molecule has 2 aliphatic rings. The molecule has 1 aliphatic carbocycles. The van der Waals surface area contributed by atoms with Crippen LogP contribution >= 0.6 is 0 Å². The number of benzene rings is 2. The fourth-order valence-corrected chi connectivity index (χ4v) is 4.16. The van der Waals surface area contributed by atoms with E-state index in [-0.39, 0.29) is 18.1 Å². The number of nitrogens with one attached hydrogen (secondary N) is 1. The van der Waals surface area contributed by atoms with Gasteiger partial charge >= 0.3 is 0 Å². The molecule has 4 rings (SSSR count). The average Bonchev–Trinajstić information content (AvgIpc) is 3.11. The van der Waals surface area contributed by atoms with Crippen LogP contribution in [0.5, 0.6) is 5.75 Å². The first kappa shape index (κ1) is 18.1. The topological polar surface area (TPSA) is 58.6 Å². The summed E-state index contributed by atoms with van der Waals surface area (Å²) in [6.45, 7) is 2.81. The van der Waals surface area contributed by atoms with E-state index in [1.807, 2.05) is 18.2 Å². The molecular weight excluding hydrogens is 338 g/mol. The second-order valence-electron chi connectivity index (χ2n) is 7.82.